The average Bonchev–Trinajstić information content (AvgIpc) is 3.31. The molecule has 4 amide bonds. The van der Waals surface area contributed by atoms with E-state index in [1.807, 2.05) is 30.3 Å². The topological polar surface area (TPSA) is 91.4 Å². The molecular formula is C23H16N4O3S. The third kappa shape index (κ3) is 3.53. The van der Waals surface area contributed by atoms with E-state index < -0.39 is 0 Å². The maximum absolute atomic E-state index is 12.7. The molecule has 0 radical (unpaired) electrons. The van der Waals surface area contributed by atoms with Crippen LogP contribution in [0.3, 0.4) is 0 Å². The quantitative estimate of drug-likeness (QED) is 0.471. The van der Waals surface area contributed by atoms with Crippen LogP contribution in [0.15, 0.2) is 72.8 Å². The zero-order valence-corrected chi connectivity index (χ0v) is 17.0. The Bertz CT molecular complexity index is 1300. The minimum atomic E-state index is -0.377. The van der Waals surface area contributed by atoms with Gasteiger partial charge < -0.3 is 10.6 Å². The van der Waals surface area contributed by atoms with Gasteiger partial charge in [0.15, 0.2) is 0 Å². The Kier molecular flexibility index (Phi) is 4.68. The van der Waals surface area contributed by atoms with Crippen molar-refractivity contribution in [3.05, 3.63) is 89.5 Å². The molecule has 1 aliphatic rings. The highest BCUT2D eigenvalue weighted by molar-refractivity contribution is 7.22. The van der Waals surface area contributed by atoms with Crippen molar-refractivity contribution in [1.82, 2.24) is 10.3 Å². The van der Waals surface area contributed by atoms with Gasteiger partial charge in [-0.2, -0.15) is 0 Å². The summed E-state index contributed by atoms with van der Waals surface area (Å²) in [6.45, 7) is 0.416. The Morgan fingerprint density at radius 3 is 2.29 bits per heavy atom. The Morgan fingerprint density at radius 1 is 0.903 bits per heavy atom. The molecule has 0 fully saturated rings. The van der Waals surface area contributed by atoms with Gasteiger partial charge in [0.2, 0.25) is 5.13 Å². The molecule has 0 unspecified atom stereocenters. The molecule has 2 N–H and O–H groups in total. The van der Waals surface area contributed by atoms with Crippen LogP contribution in [0.4, 0.5) is 15.6 Å². The summed E-state index contributed by atoms with van der Waals surface area (Å²) in [5, 5.41) is 5.92. The fourth-order valence-electron chi connectivity index (χ4n) is 3.40. The number of nitrogens with one attached hydrogen (secondary N) is 2. The molecule has 2 heterocycles. The molecule has 0 spiro atoms. The second-order valence-electron chi connectivity index (χ2n) is 6.96. The first kappa shape index (κ1) is 19.0. The SMILES string of the molecule is O=C(NCc1ccccc1)Nc1ccc2nc(N3C(=O)c4ccccc4C3=O)sc2c1. The zero-order valence-electron chi connectivity index (χ0n) is 16.2. The van der Waals surface area contributed by atoms with Gasteiger partial charge in [0.1, 0.15) is 0 Å². The molecule has 0 aliphatic carbocycles. The number of thiazole rings is 1. The third-order valence-electron chi connectivity index (χ3n) is 4.92. The Morgan fingerprint density at radius 2 is 1.58 bits per heavy atom. The first-order chi connectivity index (χ1) is 15.1. The summed E-state index contributed by atoms with van der Waals surface area (Å²) >= 11 is 1.23. The van der Waals surface area contributed by atoms with Gasteiger partial charge in [0.25, 0.3) is 11.8 Å². The molecule has 4 aromatic rings. The number of amides is 4. The van der Waals surface area contributed by atoms with Crippen LogP contribution >= 0.6 is 11.3 Å². The minimum Gasteiger partial charge on any atom is -0.334 e. The number of benzene rings is 3. The van der Waals surface area contributed by atoms with Gasteiger partial charge in [0, 0.05) is 12.2 Å². The van der Waals surface area contributed by atoms with Crippen LogP contribution in [0.1, 0.15) is 26.3 Å². The number of imide groups is 1. The monoisotopic (exact) mass is 428 g/mol. The van der Waals surface area contributed by atoms with Gasteiger partial charge in [-0.05, 0) is 35.9 Å². The molecule has 1 aliphatic heterocycles. The number of carbonyl (C=O) groups is 3. The van der Waals surface area contributed by atoms with Crippen LogP contribution in [0.5, 0.6) is 0 Å². The van der Waals surface area contributed by atoms with Crippen molar-refractivity contribution in [2.75, 3.05) is 10.2 Å². The van der Waals surface area contributed by atoms with E-state index in [-0.39, 0.29) is 17.8 Å². The molecule has 7 nitrogen and oxygen atoms in total. The van der Waals surface area contributed by atoms with Gasteiger partial charge in [0.05, 0.1) is 21.3 Å². The molecule has 8 heteroatoms. The lowest BCUT2D eigenvalue weighted by molar-refractivity contribution is 0.0926. The van der Waals surface area contributed by atoms with Crippen LogP contribution in [-0.2, 0) is 6.54 Å². The number of hydrogen-bond donors (Lipinski definition) is 2. The maximum atomic E-state index is 12.7. The fourth-order valence-corrected chi connectivity index (χ4v) is 4.40. The van der Waals surface area contributed by atoms with Crippen LogP contribution in [0, 0.1) is 0 Å². The van der Waals surface area contributed by atoms with Gasteiger partial charge in [-0.1, -0.05) is 53.8 Å². The molecule has 0 atom stereocenters. The van der Waals surface area contributed by atoms with Gasteiger partial charge in [-0.3, -0.25) is 9.59 Å². The van der Waals surface area contributed by atoms with E-state index in [2.05, 4.69) is 15.6 Å². The highest BCUT2D eigenvalue weighted by Crippen LogP contribution is 2.35. The smallest absolute Gasteiger partial charge is 0.319 e. The Hall–Kier alpha value is -4.04. The predicted octanol–water partition coefficient (Wildman–Crippen LogP) is 4.42. The van der Waals surface area contributed by atoms with Crippen molar-refractivity contribution in [3.8, 4) is 0 Å². The van der Waals surface area contributed by atoms with Crippen molar-refractivity contribution in [2.24, 2.45) is 0 Å². The number of urea groups is 1. The van der Waals surface area contributed by atoms with E-state index in [4.69, 9.17) is 0 Å². The van der Waals surface area contributed by atoms with Crippen molar-refractivity contribution >= 4 is 50.2 Å². The molecular weight excluding hydrogens is 412 g/mol. The summed E-state index contributed by atoms with van der Waals surface area (Å²) in [4.78, 5) is 43.2. The summed E-state index contributed by atoms with van der Waals surface area (Å²) in [7, 11) is 0. The first-order valence-electron chi connectivity index (χ1n) is 9.57. The lowest BCUT2D eigenvalue weighted by Crippen LogP contribution is -2.29. The lowest BCUT2D eigenvalue weighted by Gasteiger charge is -2.08. The standard InChI is InChI=1S/C23H16N4O3S/c28-20-16-8-4-5-9-17(16)21(29)27(20)23-26-18-11-10-15(12-19(18)31-23)25-22(30)24-13-14-6-2-1-3-7-14/h1-12H,13H2,(H2,24,25,30). The number of aromatic nitrogens is 1. The fraction of sp³-hybridized carbons (Fsp3) is 0.0435. The van der Waals surface area contributed by atoms with Crippen molar-refractivity contribution in [3.63, 3.8) is 0 Å². The van der Waals surface area contributed by atoms with Crippen LogP contribution < -0.4 is 15.5 Å². The first-order valence-corrected chi connectivity index (χ1v) is 10.4. The maximum Gasteiger partial charge on any atom is 0.319 e. The van der Waals surface area contributed by atoms with E-state index in [1.165, 1.54) is 11.3 Å². The average molecular weight is 428 g/mol. The van der Waals surface area contributed by atoms with E-state index >= 15 is 0 Å². The number of rotatable bonds is 4. The molecule has 0 saturated heterocycles. The molecule has 3 aromatic carbocycles. The van der Waals surface area contributed by atoms with E-state index in [0.717, 1.165) is 15.2 Å². The van der Waals surface area contributed by atoms with Crippen LogP contribution in [-0.4, -0.2) is 22.8 Å². The number of anilines is 2. The molecule has 152 valence electrons. The summed E-state index contributed by atoms with van der Waals surface area (Å²) in [5.74, 6) is -0.753. The highest BCUT2D eigenvalue weighted by Gasteiger charge is 2.38. The Balaban J connectivity index is 1.33. The number of fused-ring (bicyclic) bond motifs is 2. The van der Waals surface area contributed by atoms with Crippen LogP contribution in [0.25, 0.3) is 10.2 Å². The molecule has 5 rings (SSSR count). The summed E-state index contributed by atoms with van der Waals surface area (Å²) in [6.07, 6.45) is 0. The van der Waals surface area contributed by atoms with Gasteiger partial charge in [-0.25, -0.2) is 14.7 Å². The van der Waals surface area contributed by atoms with Crippen molar-refractivity contribution in [2.45, 2.75) is 6.54 Å². The van der Waals surface area contributed by atoms with Gasteiger partial charge in [-0.15, -0.1) is 0 Å². The lowest BCUT2D eigenvalue weighted by atomic mass is 10.1. The van der Waals surface area contributed by atoms with Crippen molar-refractivity contribution < 1.29 is 14.4 Å². The summed E-state index contributed by atoms with van der Waals surface area (Å²) < 4.78 is 0.757. The zero-order chi connectivity index (χ0) is 21.4. The van der Waals surface area contributed by atoms with E-state index in [9.17, 15) is 14.4 Å². The minimum absolute atomic E-state index is 0.312. The Labute approximate surface area is 181 Å². The number of hydrogen-bond acceptors (Lipinski definition) is 5. The predicted molar refractivity (Wildman–Crippen MR) is 120 cm³/mol. The molecule has 0 saturated carbocycles. The second kappa shape index (κ2) is 7.66. The normalized spacial score (nSPS) is 12.8. The van der Waals surface area contributed by atoms with E-state index in [1.54, 1.807) is 42.5 Å². The summed E-state index contributed by atoms with van der Waals surface area (Å²) in [5.41, 5.74) is 3.00. The second-order valence-corrected chi connectivity index (χ2v) is 7.97. The van der Waals surface area contributed by atoms with Crippen LogP contribution in [0.2, 0.25) is 0 Å². The third-order valence-corrected chi connectivity index (χ3v) is 5.92. The summed E-state index contributed by atoms with van der Waals surface area (Å²) in [6, 6.07) is 21.3. The molecule has 31 heavy (non-hydrogen) atoms. The molecule has 1 aromatic heterocycles. The van der Waals surface area contributed by atoms with E-state index in [0.29, 0.717) is 34.0 Å². The number of carbonyl (C=O) groups excluding carboxylic acids is 3. The molecule has 0 bridgehead atoms. The highest BCUT2D eigenvalue weighted by atomic mass is 32.1. The largest absolute Gasteiger partial charge is 0.334 e. The number of nitrogens with zero attached hydrogens (tertiary/aromatic N) is 2. The van der Waals surface area contributed by atoms with Crippen molar-refractivity contribution in [1.29, 1.82) is 0 Å². The van der Waals surface area contributed by atoms with Gasteiger partial charge >= 0.3 is 6.03 Å².